The summed E-state index contributed by atoms with van der Waals surface area (Å²) >= 11 is 5.15. The molecule has 0 heterocycles. The van der Waals surface area contributed by atoms with Crippen LogP contribution in [0.1, 0.15) is 20.8 Å². The third kappa shape index (κ3) is 3.57. The lowest BCUT2D eigenvalue weighted by Gasteiger charge is -2.19. The Bertz CT molecular complexity index is 507. The Morgan fingerprint density at radius 3 is 2.28 bits per heavy atom. The standard InChI is InChI=1S/C14H16N2OS/c1-14(2,3)12(17)11(9-15)13(18)16-10-7-5-4-6-8-10/h4-8,17H,1-3H3,(H,16,18). The first-order valence-corrected chi connectivity index (χ1v) is 5.97. The van der Waals surface area contributed by atoms with E-state index in [9.17, 15) is 5.11 Å². The summed E-state index contributed by atoms with van der Waals surface area (Å²) in [6, 6.07) is 11.3. The average Bonchev–Trinajstić information content (AvgIpc) is 2.29. The van der Waals surface area contributed by atoms with E-state index in [1.165, 1.54) is 0 Å². The Labute approximate surface area is 113 Å². The largest absolute Gasteiger partial charge is 0.510 e. The maximum atomic E-state index is 10.0. The van der Waals surface area contributed by atoms with Crippen LogP contribution in [0.5, 0.6) is 0 Å². The number of nitrogens with one attached hydrogen (secondary N) is 1. The Hall–Kier alpha value is -1.86. The highest BCUT2D eigenvalue weighted by molar-refractivity contribution is 7.81. The number of hydrogen-bond donors (Lipinski definition) is 2. The van der Waals surface area contributed by atoms with E-state index in [1.807, 2.05) is 57.2 Å². The molecule has 18 heavy (non-hydrogen) atoms. The van der Waals surface area contributed by atoms with Crippen LogP contribution in [0.15, 0.2) is 41.7 Å². The predicted octanol–water partition coefficient (Wildman–Crippen LogP) is 3.81. The molecular weight excluding hydrogens is 244 g/mol. The van der Waals surface area contributed by atoms with Gasteiger partial charge in [0.15, 0.2) is 0 Å². The predicted molar refractivity (Wildman–Crippen MR) is 77.4 cm³/mol. The van der Waals surface area contributed by atoms with Crippen molar-refractivity contribution in [1.82, 2.24) is 0 Å². The van der Waals surface area contributed by atoms with Crippen LogP contribution in [0.2, 0.25) is 0 Å². The van der Waals surface area contributed by atoms with Crippen LogP contribution in [0.3, 0.4) is 0 Å². The Morgan fingerprint density at radius 2 is 1.83 bits per heavy atom. The van der Waals surface area contributed by atoms with Crippen LogP contribution < -0.4 is 5.32 Å². The van der Waals surface area contributed by atoms with Crippen molar-refractivity contribution < 1.29 is 5.11 Å². The van der Waals surface area contributed by atoms with E-state index in [-0.39, 0.29) is 16.3 Å². The Kier molecular flexibility index (Phi) is 4.46. The number of hydrogen-bond acceptors (Lipinski definition) is 3. The summed E-state index contributed by atoms with van der Waals surface area (Å²) in [6.07, 6.45) is 0. The average molecular weight is 260 g/mol. The number of nitriles is 1. The van der Waals surface area contributed by atoms with Crippen molar-refractivity contribution in [3.63, 3.8) is 0 Å². The van der Waals surface area contributed by atoms with Crippen molar-refractivity contribution in [1.29, 1.82) is 5.26 Å². The lowest BCUT2D eigenvalue weighted by Crippen LogP contribution is -2.19. The van der Waals surface area contributed by atoms with Gasteiger partial charge in [0.25, 0.3) is 0 Å². The summed E-state index contributed by atoms with van der Waals surface area (Å²) in [5.41, 5.74) is 0.395. The maximum Gasteiger partial charge on any atom is 0.125 e. The number of nitrogens with zero attached hydrogens (tertiary/aromatic N) is 1. The summed E-state index contributed by atoms with van der Waals surface area (Å²) in [4.78, 5) is 0.233. The number of allylic oxidation sites excluding steroid dienone is 1. The number of para-hydroxylation sites is 1. The second-order valence-corrected chi connectivity index (χ2v) is 5.31. The summed E-state index contributed by atoms with van der Waals surface area (Å²) in [7, 11) is 0. The van der Waals surface area contributed by atoms with Crippen LogP contribution in [0.25, 0.3) is 0 Å². The van der Waals surface area contributed by atoms with Gasteiger partial charge < -0.3 is 10.4 Å². The molecule has 1 aromatic rings. The third-order valence-electron chi connectivity index (χ3n) is 2.32. The van der Waals surface area contributed by atoms with Crippen molar-refractivity contribution in [2.45, 2.75) is 20.8 Å². The number of aliphatic hydroxyl groups excluding tert-OH is 1. The summed E-state index contributed by atoms with van der Waals surface area (Å²) in [5.74, 6) is -0.00145. The highest BCUT2D eigenvalue weighted by Gasteiger charge is 2.23. The molecule has 3 nitrogen and oxygen atoms in total. The molecule has 0 saturated carbocycles. The van der Waals surface area contributed by atoms with E-state index >= 15 is 0 Å². The molecule has 1 aromatic carbocycles. The molecule has 2 N–H and O–H groups in total. The van der Waals surface area contributed by atoms with E-state index < -0.39 is 5.41 Å². The zero-order valence-electron chi connectivity index (χ0n) is 10.7. The minimum absolute atomic E-state index is 0.00145. The van der Waals surface area contributed by atoms with E-state index in [2.05, 4.69) is 5.32 Å². The lowest BCUT2D eigenvalue weighted by molar-refractivity contribution is 0.275. The van der Waals surface area contributed by atoms with Gasteiger partial charge in [-0.3, -0.25) is 0 Å². The fourth-order valence-corrected chi connectivity index (χ4v) is 1.56. The third-order valence-corrected chi connectivity index (χ3v) is 2.62. The fraction of sp³-hybridized carbons (Fsp3) is 0.286. The minimum Gasteiger partial charge on any atom is -0.510 e. The number of benzene rings is 1. The van der Waals surface area contributed by atoms with Crippen LogP contribution in [0.4, 0.5) is 5.69 Å². The molecule has 0 aliphatic carbocycles. The lowest BCUT2D eigenvalue weighted by atomic mass is 9.91. The number of aliphatic hydroxyl groups is 1. The number of rotatable bonds is 2. The molecule has 0 radical (unpaired) electrons. The monoisotopic (exact) mass is 260 g/mol. The first kappa shape index (κ1) is 14.2. The topological polar surface area (TPSA) is 56.0 Å². The molecule has 4 heteroatoms. The molecule has 0 saturated heterocycles. The molecule has 0 spiro atoms. The van der Waals surface area contributed by atoms with Crippen molar-refractivity contribution in [3.8, 4) is 6.07 Å². The summed E-state index contributed by atoms with van der Waals surface area (Å²) < 4.78 is 0. The smallest absolute Gasteiger partial charge is 0.125 e. The van der Waals surface area contributed by atoms with Gasteiger partial charge in [-0.05, 0) is 12.1 Å². The van der Waals surface area contributed by atoms with Gasteiger partial charge in [0.1, 0.15) is 22.4 Å². The van der Waals surface area contributed by atoms with Crippen molar-refractivity contribution in [2.24, 2.45) is 5.41 Å². The van der Waals surface area contributed by atoms with Gasteiger partial charge in [-0.25, -0.2) is 0 Å². The Morgan fingerprint density at radius 1 is 1.28 bits per heavy atom. The van der Waals surface area contributed by atoms with Gasteiger partial charge in [0.05, 0.1) is 0 Å². The fourth-order valence-electron chi connectivity index (χ4n) is 1.30. The van der Waals surface area contributed by atoms with Gasteiger partial charge in [-0.2, -0.15) is 5.26 Å². The van der Waals surface area contributed by atoms with E-state index in [4.69, 9.17) is 17.5 Å². The van der Waals surface area contributed by atoms with E-state index in [0.717, 1.165) is 5.69 Å². The molecule has 0 bridgehead atoms. The highest BCUT2D eigenvalue weighted by Crippen LogP contribution is 2.26. The van der Waals surface area contributed by atoms with Crippen molar-refractivity contribution in [2.75, 3.05) is 5.32 Å². The molecule has 0 unspecified atom stereocenters. The molecule has 94 valence electrons. The first-order chi connectivity index (χ1) is 8.36. The van der Waals surface area contributed by atoms with E-state index in [1.54, 1.807) is 0 Å². The molecule has 0 aliphatic rings. The second-order valence-electron chi connectivity index (χ2n) is 4.91. The van der Waals surface area contributed by atoms with Crippen molar-refractivity contribution in [3.05, 3.63) is 41.7 Å². The zero-order chi connectivity index (χ0) is 13.8. The van der Waals surface area contributed by atoms with Crippen LogP contribution in [-0.2, 0) is 0 Å². The number of thiocarbonyl (C=S) groups is 1. The molecule has 0 amide bonds. The minimum atomic E-state index is -0.506. The van der Waals surface area contributed by atoms with Crippen LogP contribution in [0, 0.1) is 16.7 Å². The summed E-state index contributed by atoms with van der Waals surface area (Å²) in [6.45, 7) is 5.47. The molecule has 0 aliphatic heterocycles. The SMILES string of the molecule is CC(C)(C)C(O)=C(C#N)C(=S)Nc1ccccc1. The quantitative estimate of drug-likeness (QED) is 0.367. The first-order valence-electron chi connectivity index (χ1n) is 5.56. The molecular formula is C14H16N2OS. The van der Waals surface area contributed by atoms with E-state index in [0.29, 0.717) is 0 Å². The van der Waals surface area contributed by atoms with Gasteiger partial charge in [0, 0.05) is 11.1 Å². The second kappa shape index (κ2) is 5.65. The van der Waals surface area contributed by atoms with Gasteiger partial charge in [-0.1, -0.05) is 51.2 Å². The van der Waals surface area contributed by atoms with Gasteiger partial charge >= 0.3 is 0 Å². The maximum absolute atomic E-state index is 10.0. The molecule has 0 aromatic heterocycles. The van der Waals surface area contributed by atoms with Gasteiger partial charge in [0.2, 0.25) is 0 Å². The molecule has 1 rings (SSSR count). The molecule has 0 atom stereocenters. The Balaban J connectivity index is 2.99. The van der Waals surface area contributed by atoms with Crippen LogP contribution >= 0.6 is 12.2 Å². The number of anilines is 1. The highest BCUT2D eigenvalue weighted by atomic mass is 32.1. The summed E-state index contributed by atoms with van der Waals surface area (Å²) in [5, 5.41) is 22.1. The van der Waals surface area contributed by atoms with Crippen molar-refractivity contribution >= 4 is 22.9 Å². The van der Waals surface area contributed by atoms with Crippen LogP contribution in [-0.4, -0.2) is 10.1 Å². The molecule has 0 fully saturated rings. The zero-order valence-corrected chi connectivity index (χ0v) is 11.5. The van der Waals surface area contributed by atoms with Gasteiger partial charge in [-0.15, -0.1) is 0 Å². The normalized spacial score (nSPS) is 12.3.